The number of methoxy groups -OCH3 is 1. The highest BCUT2D eigenvalue weighted by Crippen LogP contribution is 2.17. The first-order valence-electron chi connectivity index (χ1n) is 4.48. The van der Waals surface area contributed by atoms with Crippen molar-refractivity contribution in [2.24, 2.45) is 0 Å². The van der Waals surface area contributed by atoms with E-state index in [9.17, 15) is 0 Å². The molecule has 0 saturated heterocycles. The Kier molecular flexibility index (Phi) is 4.01. The molecule has 0 aliphatic carbocycles. The van der Waals surface area contributed by atoms with Gasteiger partial charge in [0.2, 0.25) is 5.88 Å². The van der Waals surface area contributed by atoms with E-state index in [0.29, 0.717) is 5.88 Å². The summed E-state index contributed by atoms with van der Waals surface area (Å²) in [6, 6.07) is 3.82. The first kappa shape index (κ1) is 11.1. The number of pyridine rings is 1. The second-order valence-corrected chi connectivity index (χ2v) is 3.96. The van der Waals surface area contributed by atoms with Crippen LogP contribution in [0.5, 0.6) is 5.88 Å². The van der Waals surface area contributed by atoms with Gasteiger partial charge in [0, 0.05) is 36.9 Å². The summed E-state index contributed by atoms with van der Waals surface area (Å²) in [5.41, 5.74) is 1.06. The number of anilines is 1. The molecule has 0 fully saturated rings. The van der Waals surface area contributed by atoms with E-state index >= 15 is 0 Å². The molecule has 0 radical (unpaired) electrons. The number of hydrogen-bond donors (Lipinski definition) is 0. The zero-order valence-electron chi connectivity index (χ0n) is 8.70. The van der Waals surface area contributed by atoms with Gasteiger partial charge in [-0.25, -0.2) is 4.98 Å². The number of ether oxygens (including phenoxy) is 1. The lowest BCUT2D eigenvalue weighted by molar-refractivity contribution is 0.398. The minimum absolute atomic E-state index is 0.124. The molecule has 1 aromatic rings. The zero-order valence-corrected chi connectivity index (χ0v) is 9.45. The maximum absolute atomic E-state index is 5.91. The highest BCUT2D eigenvalue weighted by molar-refractivity contribution is 6.20. The Hall–Kier alpha value is -0.960. The third kappa shape index (κ3) is 3.07. The van der Waals surface area contributed by atoms with Gasteiger partial charge in [0.15, 0.2) is 0 Å². The van der Waals surface area contributed by atoms with Gasteiger partial charge in [-0.2, -0.15) is 0 Å². The zero-order chi connectivity index (χ0) is 10.6. The lowest BCUT2D eigenvalue weighted by Crippen LogP contribution is -2.24. The summed E-state index contributed by atoms with van der Waals surface area (Å²) < 4.78 is 5.04. The third-order valence-corrected chi connectivity index (χ3v) is 2.03. The predicted molar refractivity (Wildman–Crippen MR) is 59.4 cm³/mol. The first-order chi connectivity index (χ1) is 6.63. The van der Waals surface area contributed by atoms with E-state index in [1.54, 1.807) is 13.3 Å². The smallest absolute Gasteiger partial charge is 0.214 e. The van der Waals surface area contributed by atoms with Crippen LogP contribution in [-0.2, 0) is 0 Å². The first-order valence-corrected chi connectivity index (χ1v) is 4.92. The van der Waals surface area contributed by atoms with Crippen LogP contribution in [-0.4, -0.2) is 31.1 Å². The largest absolute Gasteiger partial charge is 0.481 e. The van der Waals surface area contributed by atoms with Crippen LogP contribution in [0.1, 0.15) is 6.92 Å². The molecule has 1 atom stereocenters. The standard InChI is InChI=1S/C10H15ClN2O/c1-8(11)7-13(2)9-4-5-12-10(6-9)14-3/h4-6,8H,7H2,1-3H3. The molecule has 0 bridgehead atoms. The average Bonchev–Trinajstić information content (AvgIpc) is 2.17. The lowest BCUT2D eigenvalue weighted by Gasteiger charge is -2.20. The van der Waals surface area contributed by atoms with Crippen LogP contribution in [0.2, 0.25) is 0 Å². The van der Waals surface area contributed by atoms with Crippen LogP contribution >= 0.6 is 11.6 Å². The van der Waals surface area contributed by atoms with Crippen molar-refractivity contribution < 1.29 is 4.74 Å². The van der Waals surface area contributed by atoms with E-state index in [4.69, 9.17) is 16.3 Å². The third-order valence-electron chi connectivity index (χ3n) is 1.89. The van der Waals surface area contributed by atoms with Crippen LogP contribution in [0.3, 0.4) is 0 Å². The highest BCUT2D eigenvalue weighted by Gasteiger charge is 2.05. The molecule has 1 unspecified atom stereocenters. The summed E-state index contributed by atoms with van der Waals surface area (Å²) in [6.45, 7) is 2.77. The van der Waals surface area contributed by atoms with Crippen molar-refractivity contribution in [2.75, 3.05) is 25.6 Å². The number of alkyl halides is 1. The number of rotatable bonds is 4. The van der Waals surface area contributed by atoms with Crippen molar-refractivity contribution in [2.45, 2.75) is 12.3 Å². The van der Waals surface area contributed by atoms with Gasteiger partial charge >= 0.3 is 0 Å². The molecule has 4 heteroatoms. The van der Waals surface area contributed by atoms with Crippen molar-refractivity contribution in [1.82, 2.24) is 4.98 Å². The fourth-order valence-electron chi connectivity index (χ4n) is 1.23. The summed E-state index contributed by atoms with van der Waals surface area (Å²) in [5, 5.41) is 0.124. The van der Waals surface area contributed by atoms with Crippen molar-refractivity contribution in [3.63, 3.8) is 0 Å². The van der Waals surface area contributed by atoms with Gasteiger partial charge in [0.05, 0.1) is 7.11 Å². The molecule has 0 aromatic carbocycles. The molecular formula is C10H15ClN2O. The number of nitrogens with zero attached hydrogens (tertiary/aromatic N) is 2. The van der Waals surface area contributed by atoms with Crippen LogP contribution in [0.4, 0.5) is 5.69 Å². The Balaban J connectivity index is 2.73. The molecule has 0 amide bonds. The summed E-state index contributed by atoms with van der Waals surface area (Å²) in [7, 11) is 3.60. The predicted octanol–water partition coefficient (Wildman–Crippen LogP) is 2.15. The molecule has 0 spiro atoms. The Morgan fingerprint density at radius 1 is 1.64 bits per heavy atom. The minimum atomic E-state index is 0.124. The topological polar surface area (TPSA) is 25.4 Å². The maximum Gasteiger partial charge on any atom is 0.214 e. The van der Waals surface area contributed by atoms with E-state index in [-0.39, 0.29) is 5.38 Å². The maximum atomic E-state index is 5.91. The molecule has 14 heavy (non-hydrogen) atoms. The number of aromatic nitrogens is 1. The van der Waals surface area contributed by atoms with Gasteiger partial charge in [0.1, 0.15) is 0 Å². The van der Waals surface area contributed by atoms with Crippen LogP contribution < -0.4 is 9.64 Å². The SMILES string of the molecule is COc1cc(N(C)CC(C)Cl)ccn1. The normalized spacial score (nSPS) is 12.3. The number of hydrogen-bond acceptors (Lipinski definition) is 3. The van der Waals surface area contributed by atoms with Gasteiger partial charge in [-0.05, 0) is 13.0 Å². The quantitative estimate of drug-likeness (QED) is 0.719. The Labute approximate surface area is 89.7 Å². The van der Waals surface area contributed by atoms with Gasteiger partial charge in [-0.1, -0.05) is 0 Å². The lowest BCUT2D eigenvalue weighted by atomic mass is 10.3. The molecule has 0 saturated carbocycles. The summed E-state index contributed by atoms with van der Waals surface area (Å²) in [4.78, 5) is 6.11. The van der Waals surface area contributed by atoms with Crippen molar-refractivity contribution in [3.05, 3.63) is 18.3 Å². The summed E-state index contributed by atoms with van der Waals surface area (Å²) >= 11 is 5.91. The fraction of sp³-hybridized carbons (Fsp3) is 0.500. The van der Waals surface area contributed by atoms with Crippen LogP contribution in [0.25, 0.3) is 0 Å². The van der Waals surface area contributed by atoms with Crippen LogP contribution in [0.15, 0.2) is 18.3 Å². The van der Waals surface area contributed by atoms with E-state index in [1.807, 2.05) is 26.1 Å². The molecule has 1 rings (SSSR count). The minimum Gasteiger partial charge on any atom is -0.481 e. The monoisotopic (exact) mass is 214 g/mol. The van der Waals surface area contributed by atoms with E-state index in [1.165, 1.54) is 0 Å². The van der Waals surface area contributed by atoms with E-state index in [2.05, 4.69) is 9.88 Å². The summed E-state index contributed by atoms with van der Waals surface area (Å²) in [6.07, 6.45) is 1.73. The fourth-order valence-corrected chi connectivity index (χ4v) is 1.44. The second kappa shape index (κ2) is 5.05. The molecule has 0 N–H and O–H groups in total. The number of halogens is 1. The van der Waals surface area contributed by atoms with Crippen molar-refractivity contribution >= 4 is 17.3 Å². The van der Waals surface area contributed by atoms with Crippen LogP contribution in [0, 0.1) is 0 Å². The van der Waals surface area contributed by atoms with E-state index in [0.717, 1.165) is 12.2 Å². The van der Waals surface area contributed by atoms with E-state index < -0.39 is 0 Å². The van der Waals surface area contributed by atoms with Gasteiger partial charge in [-0.15, -0.1) is 11.6 Å². The molecule has 3 nitrogen and oxygen atoms in total. The average molecular weight is 215 g/mol. The summed E-state index contributed by atoms with van der Waals surface area (Å²) in [5.74, 6) is 0.622. The molecule has 1 aromatic heterocycles. The molecule has 1 heterocycles. The molecule has 78 valence electrons. The van der Waals surface area contributed by atoms with Gasteiger partial charge < -0.3 is 9.64 Å². The van der Waals surface area contributed by atoms with Gasteiger partial charge in [0.25, 0.3) is 0 Å². The molecule has 0 aliphatic rings. The second-order valence-electron chi connectivity index (χ2n) is 3.22. The Morgan fingerprint density at radius 2 is 2.36 bits per heavy atom. The Morgan fingerprint density at radius 3 is 2.93 bits per heavy atom. The van der Waals surface area contributed by atoms with Gasteiger partial charge in [-0.3, -0.25) is 0 Å². The molecule has 0 aliphatic heterocycles. The highest BCUT2D eigenvalue weighted by atomic mass is 35.5. The molecular weight excluding hydrogens is 200 g/mol. The van der Waals surface area contributed by atoms with Crippen molar-refractivity contribution in [1.29, 1.82) is 0 Å². The Bertz CT molecular complexity index is 291. The van der Waals surface area contributed by atoms with Crippen molar-refractivity contribution in [3.8, 4) is 5.88 Å².